The predicted molar refractivity (Wildman–Crippen MR) is 141 cm³/mol. The van der Waals surface area contributed by atoms with Crippen molar-refractivity contribution < 1.29 is 19.0 Å². The molecule has 1 amide bonds. The third-order valence-corrected chi connectivity index (χ3v) is 8.63. The van der Waals surface area contributed by atoms with E-state index < -0.39 is 5.60 Å². The van der Waals surface area contributed by atoms with E-state index in [4.69, 9.17) is 9.72 Å². The van der Waals surface area contributed by atoms with Crippen molar-refractivity contribution in [2.24, 2.45) is 0 Å². The summed E-state index contributed by atoms with van der Waals surface area (Å²) in [6.07, 6.45) is 2.81. The maximum atomic E-state index is 15.0. The minimum Gasteiger partial charge on any atom is -0.385 e. The van der Waals surface area contributed by atoms with Crippen LogP contribution >= 0.6 is 0 Å². The Bertz CT molecular complexity index is 1550. The largest absolute Gasteiger partial charge is 0.385 e. The van der Waals surface area contributed by atoms with E-state index in [0.717, 1.165) is 28.6 Å². The quantitative estimate of drug-likeness (QED) is 0.256. The molecule has 0 saturated heterocycles. The van der Waals surface area contributed by atoms with Gasteiger partial charge < -0.3 is 19.7 Å². The van der Waals surface area contributed by atoms with Gasteiger partial charge in [0.25, 0.3) is 5.56 Å². The number of aryl methyl sites for hydroxylation is 1. The lowest BCUT2D eigenvalue weighted by Crippen LogP contribution is -2.35. The van der Waals surface area contributed by atoms with Crippen LogP contribution in [0.15, 0.2) is 16.9 Å². The number of hydrogen-bond donors (Lipinski definition) is 3. The number of carbonyl (C=O) groups excluding carboxylic acids is 1. The van der Waals surface area contributed by atoms with Gasteiger partial charge in [-0.25, -0.2) is 9.37 Å². The fourth-order valence-corrected chi connectivity index (χ4v) is 6.53. The van der Waals surface area contributed by atoms with Gasteiger partial charge in [-0.3, -0.25) is 14.9 Å². The van der Waals surface area contributed by atoms with Crippen LogP contribution in [0.3, 0.4) is 0 Å². The Hall–Kier alpha value is -3.14. The maximum absolute atomic E-state index is 15.0. The summed E-state index contributed by atoms with van der Waals surface area (Å²) in [6, 6.07) is 3.05. The van der Waals surface area contributed by atoms with E-state index in [9.17, 15) is 19.1 Å². The minimum absolute atomic E-state index is 0.0722. The number of halogens is 1. The second-order valence-electron chi connectivity index (χ2n) is 10.7. The van der Waals surface area contributed by atoms with Crippen molar-refractivity contribution in [1.29, 1.82) is 0 Å². The topological polar surface area (TPSA) is 105 Å². The molecule has 2 aromatic heterocycles. The summed E-state index contributed by atoms with van der Waals surface area (Å²) >= 11 is 0. The Morgan fingerprint density at radius 1 is 1.26 bits per heavy atom. The molecule has 0 fully saturated rings. The van der Waals surface area contributed by atoms with Crippen LogP contribution in [0.5, 0.6) is 0 Å². The van der Waals surface area contributed by atoms with Crippen molar-refractivity contribution in [2.75, 3.05) is 19.9 Å². The van der Waals surface area contributed by atoms with Crippen LogP contribution in [-0.4, -0.2) is 40.4 Å². The van der Waals surface area contributed by atoms with Crippen LogP contribution in [0.25, 0.3) is 22.3 Å². The number of carbonyl (C=O) groups is 1. The lowest BCUT2D eigenvalue weighted by molar-refractivity contribution is -0.126. The van der Waals surface area contributed by atoms with Crippen molar-refractivity contribution in [3.63, 3.8) is 0 Å². The molecule has 0 unspecified atom stereocenters. The van der Waals surface area contributed by atoms with Gasteiger partial charge in [0.2, 0.25) is 5.91 Å². The molecule has 3 aromatic rings. The minimum atomic E-state index is -1.03. The average molecular weight is 521 g/mol. The van der Waals surface area contributed by atoms with Crippen molar-refractivity contribution in [3.05, 3.63) is 61.7 Å². The van der Waals surface area contributed by atoms with Crippen LogP contribution in [0.1, 0.15) is 72.5 Å². The molecule has 1 aliphatic heterocycles. The Morgan fingerprint density at radius 3 is 2.84 bits per heavy atom. The molecule has 1 aromatic carbocycles. The number of rotatable bonds is 7. The summed E-state index contributed by atoms with van der Waals surface area (Å²) in [5.41, 5.74) is 5.28. The van der Waals surface area contributed by atoms with Gasteiger partial charge >= 0.3 is 0 Å². The van der Waals surface area contributed by atoms with Crippen molar-refractivity contribution in [2.45, 2.75) is 71.1 Å². The number of fused-ring (bicyclic) bond motifs is 5. The number of aromatic nitrogens is 2. The molecule has 0 saturated carbocycles. The zero-order chi connectivity index (χ0) is 26.8. The summed E-state index contributed by atoms with van der Waals surface area (Å²) < 4.78 is 22.1. The third kappa shape index (κ3) is 3.71. The summed E-state index contributed by atoms with van der Waals surface area (Å²) in [6.45, 7) is 6.96. The summed E-state index contributed by atoms with van der Waals surface area (Å²) in [4.78, 5) is 31.3. The maximum Gasteiger partial charge on any atom is 0.254 e. The lowest BCUT2D eigenvalue weighted by atomic mass is 9.81. The summed E-state index contributed by atoms with van der Waals surface area (Å²) in [5, 5.41) is 18.2. The number of nitrogens with zero attached hydrogens (tertiary/aromatic N) is 2. The number of amides is 1. The van der Waals surface area contributed by atoms with Crippen LogP contribution in [0.2, 0.25) is 0 Å². The van der Waals surface area contributed by atoms with E-state index in [1.807, 2.05) is 19.9 Å². The van der Waals surface area contributed by atoms with Crippen molar-refractivity contribution in [3.8, 4) is 11.4 Å². The molecule has 200 valence electrons. The fraction of sp³-hybridized carbons (Fsp3) is 0.483. The molecular weight excluding hydrogens is 487 g/mol. The molecule has 0 spiro atoms. The van der Waals surface area contributed by atoms with Gasteiger partial charge in [-0.2, -0.15) is 0 Å². The number of hydrogen-bond acceptors (Lipinski definition) is 6. The van der Waals surface area contributed by atoms with E-state index in [-0.39, 0.29) is 36.7 Å². The van der Waals surface area contributed by atoms with E-state index in [2.05, 4.69) is 10.6 Å². The highest BCUT2D eigenvalue weighted by Crippen LogP contribution is 2.46. The first kappa shape index (κ1) is 25.2. The van der Waals surface area contributed by atoms with Crippen LogP contribution in [0, 0.1) is 12.7 Å². The van der Waals surface area contributed by atoms with E-state index >= 15 is 0 Å². The standard InChI is InChI=1S/C29H33FN4O4/c1-4-29(37)9-8-17-19(29)10-23-27-18(12-34(23)28(17)36)26-21(32-24(35)13-38-14-31-5-2)7-6-16-15(3)20(30)11-22(33-27)25(16)26/h10-11,21,31,37H,4-9,12-14H2,1-3H3,(H,32,35)/t21-,29+/m0/s1. The molecule has 2 atom stereocenters. The molecule has 2 aliphatic carbocycles. The normalized spacial score (nSPS) is 20.9. The average Bonchev–Trinajstić information content (AvgIpc) is 3.44. The first-order valence-corrected chi connectivity index (χ1v) is 13.5. The predicted octanol–water partition coefficient (Wildman–Crippen LogP) is 3.10. The molecule has 3 N–H and O–H groups in total. The number of ether oxygens (including phenoxy) is 1. The summed E-state index contributed by atoms with van der Waals surface area (Å²) in [5.74, 6) is -0.538. The van der Waals surface area contributed by atoms with Crippen molar-refractivity contribution >= 4 is 16.8 Å². The highest BCUT2D eigenvalue weighted by molar-refractivity contribution is 5.93. The van der Waals surface area contributed by atoms with Crippen LogP contribution < -0.4 is 16.2 Å². The number of aliphatic hydroxyl groups is 1. The molecule has 8 nitrogen and oxygen atoms in total. The monoisotopic (exact) mass is 520 g/mol. The third-order valence-electron chi connectivity index (χ3n) is 8.63. The first-order valence-electron chi connectivity index (χ1n) is 13.5. The van der Waals surface area contributed by atoms with Gasteiger partial charge in [0, 0.05) is 22.6 Å². The molecule has 0 radical (unpaired) electrons. The second-order valence-corrected chi connectivity index (χ2v) is 10.7. The Kier molecular flexibility index (Phi) is 6.13. The summed E-state index contributed by atoms with van der Waals surface area (Å²) in [7, 11) is 0. The molecule has 9 heteroatoms. The second kappa shape index (κ2) is 9.25. The zero-order valence-electron chi connectivity index (χ0n) is 22.0. The molecule has 3 aliphatic rings. The molecule has 3 heterocycles. The zero-order valence-corrected chi connectivity index (χ0v) is 22.0. The lowest BCUT2D eigenvalue weighted by Gasteiger charge is -2.29. The fourth-order valence-electron chi connectivity index (χ4n) is 6.53. The smallest absolute Gasteiger partial charge is 0.254 e. The van der Waals surface area contributed by atoms with Gasteiger partial charge in [-0.05, 0) is 73.9 Å². The number of pyridine rings is 2. The van der Waals surface area contributed by atoms with Gasteiger partial charge in [0.1, 0.15) is 12.4 Å². The Morgan fingerprint density at radius 2 is 2.08 bits per heavy atom. The highest BCUT2D eigenvalue weighted by Gasteiger charge is 2.40. The van der Waals surface area contributed by atoms with E-state index in [1.165, 1.54) is 6.07 Å². The molecule has 0 bridgehead atoms. The molecule has 6 rings (SSSR count). The Labute approximate surface area is 220 Å². The molecule has 38 heavy (non-hydrogen) atoms. The molecular formula is C29H33FN4O4. The van der Waals surface area contributed by atoms with Gasteiger partial charge in [0.05, 0.1) is 41.8 Å². The highest BCUT2D eigenvalue weighted by atomic mass is 19.1. The number of nitrogens with one attached hydrogen (secondary N) is 2. The van der Waals surface area contributed by atoms with E-state index in [0.29, 0.717) is 72.2 Å². The first-order chi connectivity index (χ1) is 18.3. The van der Waals surface area contributed by atoms with Gasteiger partial charge in [-0.1, -0.05) is 13.8 Å². The Balaban J connectivity index is 1.50. The van der Waals surface area contributed by atoms with Crippen LogP contribution in [0.4, 0.5) is 4.39 Å². The van der Waals surface area contributed by atoms with Gasteiger partial charge in [0.15, 0.2) is 0 Å². The van der Waals surface area contributed by atoms with E-state index in [1.54, 1.807) is 11.5 Å². The van der Waals surface area contributed by atoms with Crippen LogP contribution in [-0.2, 0) is 34.5 Å². The SMILES string of the molecule is CCNCOCC(=O)N[C@H]1CCc2c(C)c(F)cc3nc4c(c1c23)Cn1c-4cc2c(c1=O)CC[C@]2(O)CC. The van der Waals surface area contributed by atoms with Crippen molar-refractivity contribution in [1.82, 2.24) is 20.2 Å². The number of benzene rings is 1. The van der Waals surface area contributed by atoms with Gasteiger partial charge in [-0.15, -0.1) is 0 Å².